The van der Waals surface area contributed by atoms with Gasteiger partial charge < -0.3 is 5.32 Å². The van der Waals surface area contributed by atoms with Crippen molar-refractivity contribution in [2.45, 2.75) is 26.2 Å². The van der Waals surface area contributed by atoms with E-state index in [1.807, 2.05) is 36.4 Å². The molecule has 0 atom stereocenters. The van der Waals surface area contributed by atoms with Gasteiger partial charge in [-0.3, -0.25) is 4.79 Å². The van der Waals surface area contributed by atoms with Crippen LogP contribution < -0.4 is 5.32 Å². The number of benzene rings is 1. The highest BCUT2D eigenvalue weighted by Crippen LogP contribution is 2.29. The van der Waals surface area contributed by atoms with Gasteiger partial charge >= 0.3 is 0 Å². The molecule has 112 valence electrons. The molecule has 3 aromatic rings. The summed E-state index contributed by atoms with van der Waals surface area (Å²) in [4.78, 5) is 21.5. The second-order valence-electron chi connectivity index (χ2n) is 5.08. The number of rotatable bonds is 5. The van der Waals surface area contributed by atoms with Crippen molar-refractivity contribution in [3.8, 4) is 10.6 Å². The van der Waals surface area contributed by atoms with E-state index in [0.717, 1.165) is 39.4 Å². The summed E-state index contributed by atoms with van der Waals surface area (Å²) < 4.78 is 0. The Morgan fingerprint density at radius 3 is 2.77 bits per heavy atom. The Hall–Kier alpha value is -2.27. The van der Waals surface area contributed by atoms with Gasteiger partial charge in [0.2, 0.25) is 5.91 Å². The van der Waals surface area contributed by atoms with Gasteiger partial charge in [0.05, 0.1) is 0 Å². The first-order valence-corrected chi connectivity index (χ1v) is 8.20. The van der Waals surface area contributed by atoms with Crippen molar-refractivity contribution >= 4 is 33.3 Å². The summed E-state index contributed by atoms with van der Waals surface area (Å²) in [5, 5.41) is 3.86. The zero-order valence-corrected chi connectivity index (χ0v) is 13.2. The van der Waals surface area contributed by atoms with Crippen molar-refractivity contribution in [1.82, 2.24) is 9.97 Å². The molecule has 2 aromatic heterocycles. The van der Waals surface area contributed by atoms with Crippen LogP contribution in [0.1, 0.15) is 26.2 Å². The van der Waals surface area contributed by atoms with Crippen LogP contribution in [0.4, 0.5) is 5.69 Å². The Balaban J connectivity index is 1.74. The van der Waals surface area contributed by atoms with Crippen LogP contribution in [0.5, 0.6) is 0 Å². The lowest BCUT2D eigenvalue weighted by Gasteiger charge is -2.05. The lowest BCUT2D eigenvalue weighted by atomic mass is 10.2. The number of unbranched alkanes of at least 4 members (excludes halogenated alkanes) is 1. The summed E-state index contributed by atoms with van der Waals surface area (Å²) in [6.45, 7) is 2.08. The molecule has 3 rings (SSSR count). The highest BCUT2D eigenvalue weighted by molar-refractivity contribution is 7.21. The summed E-state index contributed by atoms with van der Waals surface area (Å²) >= 11 is 1.57. The molecule has 0 spiro atoms. The van der Waals surface area contributed by atoms with Gasteiger partial charge in [-0.15, -0.1) is 0 Å². The second-order valence-corrected chi connectivity index (χ2v) is 6.05. The van der Waals surface area contributed by atoms with Crippen LogP contribution >= 0.6 is 11.3 Å². The molecule has 1 N–H and O–H groups in total. The number of nitrogens with one attached hydrogen (secondary N) is 1. The molecule has 1 amide bonds. The van der Waals surface area contributed by atoms with E-state index in [9.17, 15) is 4.79 Å². The third-order valence-corrected chi connectivity index (χ3v) is 4.37. The minimum atomic E-state index is 0.0683. The van der Waals surface area contributed by atoms with Crippen LogP contribution in [-0.2, 0) is 4.79 Å². The van der Waals surface area contributed by atoms with Crippen LogP contribution in [0.3, 0.4) is 0 Å². The van der Waals surface area contributed by atoms with Crippen LogP contribution in [-0.4, -0.2) is 15.9 Å². The van der Waals surface area contributed by atoms with Gasteiger partial charge in [0, 0.05) is 23.9 Å². The van der Waals surface area contributed by atoms with Gasteiger partial charge in [-0.25, -0.2) is 9.97 Å². The monoisotopic (exact) mass is 311 g/mol. The molecule has 0 aliphatic carbocycles. The lowest BCUT2D eigenvalue weighted by Crippen LogP contribution is -2.10. The number of hydrogen-bond acceptors (Lipinski definition) is 4. The van der Waals surface area contributed by atoms with Gasteiger partial charge in [0.25, 0.3) is 0 Å². The summed E-state index contributed by atoms with van der Waals surface area (Å²) in [6, 6.07) is 11.6. The number of hydrogen-bond donors (Lipinski definition) is 1. The maximum atomic E-state index is 11.7. The molecule has 0 radical (unpaired) electrons. The quantitative estimate of drug-likeness (QED) is 0.755. The van der Waals surface area contributed by atoms with Gasteiger partial charge in [0.1, 0.15) is 15.4 Å². The first-order chi connectivity index (χ1) is 10.8. The van der Waals surface area contributed by atoms with Crippen LogP contribution in [0, 0.1) is 0 Å². The molecule has 0 saturated heterocycles. The minimum absolute atomic E-state index is 0.0683. The van der Waals surface area contributed by atoms with Crippen molar-refractivity contribution in [1.29, 1.82) is 0 Å². The van der Waals surface area contributed by atoms with Gasteiger partial charge in [-0.05, 0) is 42.8 Å². The van der Waals surface area contributed by atoms with E-state index in [4.69, 9.17) is 0 Å². The van der Waals surface area contributed by atoms with Gasteiger partial charge in [-0.1, -0.05) is 24.7 Å². The molecule has 2 heterocycles. The summed E-state index contributed by atoms with van der Waals surface area (Å²) in [6.07, 6.45) is 4.29. The topological polar surface area (TPSA) is 54.9 Å². The first kappa shape index (κ1) is 14.7. The number of thiazole rings is 1. The standard InChI is InChI=1S/C17H17N3OS/c1-2-3-6-15(21)19-13-9-7-12(8-10-13)16-20-14-5-4-11-18-17(14)22-16/h4-5,7-11H,2-3,6H2,1H3,(H,19,21). The highest BCUT2D eigenvalue weighted by Gasteiger charge is 2.07. The molecule has 0 aliphatic heterocycles. The average molecular weight is 311 g/mol. The number of carbonyl (C=O) groups is 1. The largest absolute Gasteiger partial charge is 0.326 e. The summed E-state index contributed by atoms with van der Waals surface area (Å²) in [7, 11) is 0. The SMILES string of the molecule is CCCCC(=O)Nc1ccc(-c2nc3cccnc3s2)cc1. The Kier molecular flexibility index (Phi) is 4.44. The average Bonchev–Trinajstić information content (AvgIpc) is 2.97. The molecule has 0 saturated carbocycles. The van der Waals surface area contributed by atoms with E-state index in [0.29, 0.717) is 6.42 Å². The van der Waals surface area contributed by atoms with Crippen molar-refractivity contribution in [2.75, 3.05) is 5.32 Å². The number of pyridine rings is 1. The van der Waals surface area contributed by atoms with E-state index < -0.39 is 0 Å². The fourth-order valence-electron chi connectivity index (χ4n) is 2.15. The zero-order valence-electron chi connectivity index (χ0n) is 12.4. The van der Waals surface area contributed by atoms with Crippen molar-refractivity contribution in [2.24, 2.45) is 0 Å². The molecule has 4 nitrogen and oxygen atoms in total. The maximum Gasteiger partial charge on any atom is 0.224 e. The van der Waals surface area contributed by atoms with Crippen molar-refractivity contribution < 1.29 is 4.79 Å². The number of anilines is 1. The fourth-order valence-corrected chi connectivity index (χ4v) is 3.06. The molecule has 0 unspecified atom stereocenters. The minimum Gasteiger partial charge on any atom is -0.326 e. The molecule has 22 heavy (non-hydrogen) atoms. The van der Waals surface area contributed by atoms with Crippen LogP contribution in [0.2, 0.25) is 0 Å². The van der Waals surface area contributed by atoms with E-state index >= 15 is 0 Å². The number of fused-ring (bicyclic) bond motifs is 1. The number of amides is 1. The summed E-state index contributed by atoms with van der Waals surface area (Å²) in [5.74, 6) is 0.0683. The Bertz CT molecular complexity index is 747. The Morgan fingerprint density at radius 1 is 1.23 bits per heavy atom. The van der Waals surface area contributed by atoms with Crippen molar-refractivity contribution in [3.05, 3.63) is 42.6 Å². The van der Waals surface area contributed by atoms with Crippen LogP contribution in [0.15, 0.2) is 42.6 Å². The van der Waals surface area contributed by atoms with E-state index in [1.165, 1.54) is 0 Å². The fraction of sp³-hybridized carbons (Fsp3) is 0.235. The molecule has 5 heteroatoms. The molecule has 0 bridgehead atoms. The predicted molar refractivity (Wildman–Crippen MR) is 91.0 cm³/mol. The molecular formula is C17H17N3OS. The third kappa shape index (κ3) is 3.31. The van der Waals surface area contributed by atoms with Crippen LogP contribution in [0.25, 0.3) is 20.9 Å². The Labute approximate surface area is 133 Å². The maximum absolute atomic E-state index is 11.7. The zero-order chi connectivity index (χ0) is 15.4. The van der Waals surface area contributed by atoms with Crippen molar-refractivity contribution in [3.63, 3.8) is 0 Å². The highest BCUT2D eigenvalue weighted by atomic mass is 32.1. The second kappa shape index (κ2) is 6.66. The third-order valence-electron chi connectivity index (χ3n) is 3.34. The predicted octanol–water partition coefficient (Wildman–Crippen LogP) is 4.49. The van der Waals surface area contributed by atoms with E-state index in [2.05, 4.69) is 22.2 Å². The molecule has 0 aliphatic rings. The molecular weight excluding hydrogens is 294 g/mol. The van der Waals surface area contributed by atoms with E-state index in [1.54, 1.807) is 17.5 Å². The number of nitrogens with zero attached hydrogens (tertiary/aromatic N) is 2. The first-order valence-electron chi connectivity index (χ1n) is 7.38. The lowest BCUT2D eigenvalue weighted by molar-refractivity contribution is -0.116. The smallest absolute Gasteiger partial charge is 0.224 e. The summed E-state index contributed by atoms with van der Waals surface area (Å²) in [5.41, 5.74) is 2.78. The van der Waals surface area contributed by atoms with Gasteiger partial charge in [-0.2, -0.15) is 0 Å². The normalized spacial score (nSPS) is 10.8. The number of carbonyl (C=O) groups excluding carboxylic acids is 1. The molecule has 1 aromatic carbocycles. The van der Waals surface area contributed by atoms with E-state index in [-0.39, 0.29) is 5.91 Å². The number of aromatic nitrogens is 2. The Morgan fingerprint density at radius 2 is 2.05 bits per heavy atom. The molecule has 0 fully saturated rings. The van der Waals surface area contributed by atoms with Gasteiger partial charge in [0.15, 0.2) is 0 Å².